The lowest BCUT2D eigenvalue weighted by molar-refractivity contribution is 0.863. The predicted molar refractivity (Wildman–Crippen MR) is 239 cm³/mol. The number of fused-ring (bicyclic) bond motifs is 6. The Morgan fingerprint density at radius 2 is 1.00 bits per heavy atom. The van der Waals surface area contributed by atoms with Gasteiger partial charge in [0, 0.05) is 22.4 Å². The molecule has 0 saturated carbocycles. The first-order chi connectivity index (χ1) is 27.1. The van der Waals surface area contributed by atoms with E-state index in [4.69, 9.17) is 0 Å². The van der Waals surface area contributed by atoms with Crippen LogP contribution in [0.4, 0.5) is 0 Å². The molecule has 266 valence electrons. The van der Waals surface area contributed by atoms with Crippen molar-refractivity contribution in [2.24, 2.45) is 0 Å². The van der Waals surface area contributed by atoms with E-state index in [1.54, 1.807) is 0 Å². The number of hydrogen-bond acceptors (Lipinski definition) is 0. The largest absolute Gasteiger partial charge is 0.309 e. The lowest BCUT2D eigenvalue weighted by Gasteiger charge is -2.18. The van der Waals surface area contributed by atoms with Gasteiger partial charge in [-0.05, 0) is 123 Å². The van der Waals surface area contributed by atoms with Crippen LogP contribution in [0.2, 0.25) is 0 Å². The molecule has 0 fully saturated rings. The summed E-state index contributed by atoms with van der Waals surface area (Å²) in [6.45, 7) is 8.61. The first-order valence-electron chi connectivity index (χ1n) is 19.6. The van der Waals surface area contributed by atoms with Gasteiger partial charge in [-0.3, -0.25) is 0 Å². The SMILES string of the molecule is C/C=C\C.CCC1=Cc2ccc(-n3c4ccccc4c4cc(-c5ccc6c(-c7ccccc7)c7ccccc7c(-c7ccccc7)c6c5)ccc43)cc2C1C. The van der Waals surface area contributed by atoms with Crippen molar-refractivity contribution < 1.29 is 0 Å². The van der Waals surface area contributed by atoms with Crippen LogP contribution in [-0.2, 0) is 0 Å². The Balaban J connectivity index is 0.000000949. The van der Waals surface area contributed by atoms with Gasteiger partial charge in [0.1, 0.15) is 0 Å². The summed E-state index contributed by atoms with van der Waals surface area (Å²) < 4.78 is 2.46. The van der Waals surface area contributed by atoms with Gasteiger partial charge in [-0.2, -0.15) is 0 Å². The highest BCUT2D eigenvalue weighted by atomic mass is 15.0. The molecule has 1 atom stereocenters. The van der Waals surface area contributed by atoms with E-state index >= 15 is 0 Å². The summed E-state index contributed by atoms with van der Waals surface area (Å²) in [5.74, 6) is 0.456. The monoisotopic (exact) mass is 707 g/mol. The number of allylic oxidation sites excluding steroid dienone is 3. The van der Waals surface area contributed by atoms with Gasteiger partial charge in [-0.1, -0.05) is 165 Å². The maximum atomic E-state index is 2.46. The molecule has 8 aromatic carbocycles. The highest BCUT2D eigenvalue weighted by molar-refractivity contribution is 6.22. The zero-order valence-corrected chi connectivity index (χ0v) is 32.1. The average Bonchev–Trinajstić information content (AvgIpc) is 3.76. The first-order valence-corrected chi connectivity index (χ1v) is 19.6. The average molecular weight is 708 g/mol. The van der Waals surface area contributed by atoms with Gasteiger partial charge >= 0.3 is 0 Å². The second-order valence-corrected chi connectivity index (χ2v) is 14.6. The minimum absolute atomic E-state index is 0.456. The van der Waals surface area contributed by atoms with Crippen LogP contribution in [-0.4, -0.2) is 4.57 Å². The molecule has 1 aliphatic rings. The Morgan fingerprint density at radius 3 is 1.64 bits per heavy atom. The summed E-state index contributed by atoms with van der Waals surface area (Å²) in [6, 6.07) is 60.7. The van der Waals surface area contributed by atoms with Crippen LogP contribution < -0.4 is 0 Å². The summed E-state index contributed by atoms with van der Waals surface area (Å²) in [5.41, 5.74) is 15.5. The summed E-state index contributed by atoms with van der Waals surface area (Å²) in [7, 11) is 0. The Kier molecular flexibility index (Phi) is 9.00. The minimum atomic E-state index is 0.456. The lowest BCUT2D eigenvalue weighted by atomic mass is 9.85. The molecule has 0 N–H and O–H groups in total. The molecular weight excluding hydrogens is 663 g/mol. The fourth-order valence-corrected chi connectivity index (χ4v) is 8.76. The smallest absolute Gasteiger partial charge is 0.0541 e. The van der Waals surface area contributed by atoms with Crippen LogP contribution >= 0.6 is 0 Å². The number of para-hydroxylation sites is 1. The third-order valence-corrected chi connectivity index (χ3v) is 11.6. The van der Waals surface area contributed by atoms with Crippen LogP contribution in [0.3, 0.4) is 0 Å². The summed E-state index contributed by atoms with van der Waals surface area (Å²) in [6.07, 6.45) is 7.48. The molecule has 0 bridgehead atoms. The van der Waals surface area contributed by atoms with Crippen molar-refractivity contribution in [3.8, 4) is 39.1 Å². The highest BCUT2D eigenvalue weighted by Crippen LogP contribution is 2.46. The minimum Gasteiger partial charge on any atom is -0.309 e. The maximum absolute atomic E-state index is 2.46. The van der Waals surface area contributed by atoms with Crippen molar-refractivity contribution in [1.82, 2.24) is 4.57 Å². The van der Waals surface area contributed by atoms with Gasteiger partial charge in [-0.15, -0.1) is 0 Å². The van der Waals surface area contributed by atoms with E-state index in [-0.39, 0.29) is 0 Å². The maximum Gasteiger partial charge on any atom is 0.0541 e. The Morgan fingerprint density at radius 1 is 0.473 bits per heavy atom. The molecule has 55 heavy (non-hydrogen) atoms. The van der Waals surface area contributed by atoms with Gasteiger partial charge in [0.05, 0.1) is 11.0 Å². The van der Waals surface area contributed by atoms with Crippen LogP contribution in [0.5, 0.6) is 0 Å². The normalized spacial score (nSPS) is 13.7. The highest BCUT2D eigenvalue weighted by Gasteiger charge is 2.22. The van der Waals surface area contributed by atoms with Crippen molar-refractivity contribution in [3.63, 3.8) is 0 Å². The first kappa shape index (κ1) is 34.3. The lowest BCUT2D eigenvalue weighted by Crippen LogP contribution is -1.98. The van der Waals surface area contributed by atoms with E-state index in [0.29, 0.717) is 5.92 Å². The van der Waals surface area contributed by atoms with Gasteiger partial charge in [0.2, 0.25) is 0 Å². The molecule has 0 spiro atoms. The van der Waals surface area contributed by atoms with Gasteiger partial charge < -0.3 is 4.57 Å². The second-order valence-electron chi connectivity index (χ2n) is 14.6. The Bertz CT molecular complexity index is 2920. The van der Waals surface area contributed by atoms with Crippen LogP contribution in [0.15, 0.2) is 182 Å². The number of hydrogen-bond donors (Lipinski definition) is 0. The number of nitrogens with zero attached hydrogens (tertiary/aromatic N) is 1. The van der Waals surface area contributed by atoms with Gasteiger partial charge in [-0.25, -0.2) is 0 Å². The molecule has 0 radical (unpaired) electrons. The fraction of sp³-hybridized carbons (Fsp3) is 0.111. The molecular formula is C54H45N. The van der Waals surface area contributed by atoms with Crippen molar-refractivity contribution in [2.45, 2.75) is 40.0 Å². The van der Waals surface area contributed by atoms with Crippen LogP contribution in [0.1, 0.15) is 51.2 Å². The van der Waals surface area contributed by atoms with E-state index in [1.807, 2.05) is 26.0 Å². The van der Waals surface area contributed by atoms with Crippen molar-refractivity contribution in [3.05, 3.63) is 193 Å². The molecule has 1 nitrogen and oxygen atoms in total. The van der Waals surface area contributed by atoms with E-state index in [2.05, 4.69) is 188 Å². The molecule has 0 saturated heterocycles. The van der Waals surface area contributed by atoms with Crippen LogP contribution in [0.25, 0.3) is 88.5 Å². The molecule has 10 rings (SSSR count). The van der Waals surface area contributed by atoms with Gasteiger partial charge in [0.15, 0.2) is 0 Å². The zero-order chi connectivity index (χ0) is 37.5. The summed E-state index contributed by atoms with van der Waals surface area (Å²) in [5, 5.41) is 7.64. The molecule has 1 heteroatoms. The third-order valence-electron chi connectivity index (χ3n) is 11.6. The van der Waals surface area contributed by atoms with Crippen molar-refractivity contribution >= 4 is 49.4 Å². The quantitative estimate of drug-likeness (QED) is 0.124. The predicted octanol–water partition coefficient (Wildman–Crippen LogP) is 15.6. The molecule has 9 aromatic rings. The second kappa shape index (κ2) is 14.4. The third kappa shape index (κ3) is 5.88. The van der Waals surface area contributed by atoms with Crippen molar-refractivity contribution in [1.29, 1.82) is 0 Å². The Hall–Kier alpha value is -6.44. The number of benzene rings is 8. The Labute approximate surface area is 324 Å². The number of rotatable bonds is 5. The van der Waals surface area contributed by atoms with E-state index in [9.17, 15) is 0 Å². The van der Waals surface area contributed by atoms with E-state index < -0.39 is 0 Å². The summed E-state index contributed by atoms with van der Waals surface area (Å²) >= 11 is 0. The zero-order valence-electron chi connectivity index (χ0n) is 32.1. The number of aromatic nitrogens is 1. The van der Waals surface area contributed by atoms with E-state index in [1.165, 1.54) is 99.1 Å². The molecule has 1 heterocycles. The topological polar surface area (TPSA) is 4.93 Å². The van der Waals surface area contributed by atoms with E-state index in [0.717, 1.165) is 6.42 Å². The molecule has 1 aliphatic carbocycles. The molecule has 0 amide bonds. The summed E-state index contributed by atoms with van der Waals surface area (Å²) in [4.78, 5) is 0. The molecule has 1 aromatic heterocycles. The van der Waals surface area contributed by atoms with Gasteiger partial charge in [0.25, 0.3) is 0 Å². The fourth-order valence-electron chi connectivity index (χ4n) is 8.76. The standard InChI is InChI=1S/C50H37N.C4H8/c1-3-33-28-38-22-25-39(31-44(38)32(33)2)51-47-21-13-12-18-40(47)45-29-37(24-27-48(45)51)36-23-26-43-46(30-36)50(35-16-8-5-9-17-35)42-20-11-10-19-41(42)49(43)34-14-6-4-7-15-34;1-3-4-2/h4-32H,3H2,1-2H3;3-4H,1-2H3/b;4-3-. The molecule has 0 aliphatic heterocycles. The van der Waals surface area contributed by atoms with Crippen LogP contribution in [0, 0.1) is 0 Å². The molecule has 1 unspecified atom stereocenters. The van der Waals surface area contributed by atoms with Crippen molar-refractivity contribution in [2.75, 3.05) is 0 Å².